The standard InChI is InChI=1S/C24H21Cl2N2O/c25-21-10-11-22(23(26)14-21)24(29)16-28-13-12-27(17-28)15-18-6-8-20(9-7-18)19-4-2-1-3-5-19/h1-14,17,24,29H,15-16H2/q+1. The van der Waals surface area contributed by atoms with E-state index in [1.165, 1.54) is 16.7 Å². The van der Waals surface area contributed by atoms with Crippen molar-refractivity contribution in [3.8, 4) is 11.1 Å². The largest absolute Gasteiger partial charge is 0.384 e. The molecule has 3 aromatic carbocycles. The summed E-state index contributed by atoms with van der Waals surface area (Å²) >= 11 is 12.1. The summed E-state index contributed by atoms with van der Waals surface area (Å²) in [5.74, 6) is 0. The van der Waals surface area contributed by atoms with Crippen LogP contribution < -0.4 is 4.57 Å². The van der Waals surface area contributed by atoms with E-state index in [0.29, 0.717) is 22.2 Å². The zero-order valence-corrected chi connectivity index (χ0v) is 17.3. The first-order valence-electron chi connectivity index (χ1n) is 9.41. The summed E-state index contributed by atoms with van der Waals surface area (Å²) in [5, 5.41) is 11.6. The van der Waals surface area contributed by atoms with Gasteiger partial charge in [0.1, 0.15) is 31.6 Å². The molecule has 0 amide bonds. The lowest BCUT2D eigenvalue weighted by molar-refractivity contribution is -0.687. The Balaban J connectivity index is 1.41. The molecule has 4 aromatic rings. The van der Waals surface area contributed by atoms with Crippen molar-refractivity contribution >= 4 is 23.2 Å². The maximum atomic E-state index is 10.5. The first-order chi connectivity index (χ1) is 14.1. The molecular weight excluding hydrogens is 403 g/mol. The van der Waals surface area contributed by atoms with E-state index in [0.717, 1.165) is 6.54 Å². The monoisotopic (exact) mass is 423 g/mol. The molecule has 0 radical (unpaired) electrons. The average Bonchev–Trinajstić information content (AvgIpc) is 3.16. The minimum Gasteiger partial charge on any atom is -0.384 e. The summed E-state index contributed by atoms with van der Waals surface area (Å²) in [4.78, 5) is 0. The van der Waals surface area contributed by atoms with Crippen molar-refractivity contribution < 1.29 is 9.67 Å². The molecule has 0 aliphatic carbocycles. The highest BCUT2D eigenvalue weighted by molar-refractivity contribution is 6.35. The first kappa shape index (κ1) is 19.7. The van der Waals surface area contributed by atoms with Gasteiger partial charge in [-0.25, -0.2) is 9.13 Å². The topological polar surface area (TPSA) is 29.0 Å². The maximum absolute atomic E-state index is 10.5. The van der Waals surface area contributed by atoms with Crippen LogP contribution in [-0.4, -0.2) is 9.67 Å². The number of hydrogen-bond donors (Lipinski definition) is 1. The molecule has 0 bridgehead atoms. The summed E-state index contributed by atoms with van der Waals surface area (Å²) in [5.41, 5.74) is 4.31. The molecule has 0 spiro atoms. The molecule has 4 rings (SSSR count). The lowest BCUT2D eigenvalue weighted by atomic mass is 10.0. The molecule has 146 valence electrons. The van der Waals surface area contributed by atoms with Crippen molar-refractivity contribution in [2.24, 2.45) is 0 Å². The van der Waals surface area contributed by atoms with Crippen molar-refractivity contribution in [2.75, 3.05) is 0 Å². The number of benzene rings is 3. The number of aliphatic hydroxyl groups excluding tert-OH is 1. The molecule has 3 nitrogen and oxygen atoms in total. The number of aromatic nitrogens is 2. The van der Waals surface area contributed by atoms with Gasteiger partial charge in [0.25, 0.3) is 0 Å². The number of halogens is 2. The van der Waals surface area contributed by atoms with Crippen LogP contribution in [0.3, 0.4) is 0 Å². The van der Waals surface area contributed by atoms with Gasteiger partial charge in [0.2, 0.25) is 6.33 Å². The van der Waals surface area contributed by atoms with Gasteiger partial charge in [-0.2, -0.15) is 0 Å². The molecule has 29 heavy (non-hydrogen) atoms. The highest BCUT2D eigenvalue weighted by Gasteiger charge is 2.16. The van der Waals surface area contributed by atoms with Gasteiger partial charge in [0.05, 0.1) is 0 Å². The minimum absolute atomic E-state index is 0.418. The minimum atomic E-state index is -0.703. The zero-order chi connectivity index (χ0) is 20.2. The van der Waals surface area contributed by atoms with Gasteiger partial charge in [-0.05, 0) is 28.8 Å². The van der Waals surface area contributed by atoms with Gasteiger partial charge in [0.15, 0.2) is 0 Å². The Bertz CT molecular complexity index is 1090. The fourth-order valence-electron chi connectivity index (χ4n) is 3.35. The third-order valence-electron chi connectivity index (χ3n) is 4.88. The van der Waals surface area contributed by atoms with Crippen LogP contribution in [0.25, 0.3) is 11.1 Å². The number of rotatable bonds is 6. The van der Waals surface area contributed by atoms with E-state index >= 15 is 0 Å². The number of nitrogens with zero attached hydrogens (tertiary/aromatic N) is 2. The van der Waals surface area contributed by atoms with Gasteiger partial charge in [0, 0.05) is 15.6 Å². The Morgan fingerprint density at radius 1 is 0.897 bits per heavy atom. The molecule has 0 aliphatic heterocycles. The Morgan fingerprint density at radius 3 is 2.34 bits per heavy atom. The second-order valence-electron chi connectivity index (χ2n) is 7.03. The van der Waals surface area contributed by atoms with Crippen LogP contribution in [0.2, 0.25) is 10.0 Å². The van der Waals surface area contributed by atoms with Crippen LogP contribution in [0.5, 0.6) is 0 Å². The summed E-state index contributed by atoms with van der Waals surface area (Å²) in [6.45, 7) is 1.18. The van der Waals surface area contributed by atoms with Crippen LogP contribution >= 0.6 is 23.2 Å². The molecule has 0 saturated carbocycles. The Morgan fingerprint density at radius 2 is 1.62 bits per heavy atom. The molecule has 1 heterocycles. The molecule has 1 N–H and O–H groups in total. The third-order valence-corrected chi connectivity index (χ3v) is 5.44. The number of imidazole rings is 1. The molecule has 0 aliphatic rings. The second kappa shape index (κ2) is 8.83. The van der Waals surface area contributed by atoms with Gasteiger partial charge in [-0.3, -0.25) is 0 Å². The van der Waals surface area contributed by atoms with Gasteiger partial charge >= 0.3 is 0 Å². The second-order valence-corrected chi connectivity index (χ2v) is 7.87. The lowest BCUT2D eigenvalue weighted by Crippen LogP contribution is -2.31. The van der Waals surface area contributed by atoms with Gasteiger partial charge < -0.3 is 5.11 Å². The van der Waals surface area contributed by atoms with E-state index in [9.17, 15) is 5.11 Å². The van der Waals surface area contributed by atoms with Crippen LogP contribution in [0.4, 0.5) is 0 Å². The normalized spacial score (nSPS) is 12.1. The van der Waals surface area contributed by atoms with Crippen LogP contribution in [0.15, 0.2) is 91.5 Å². The Labute approximate surface area is 180 Å². The fourth-order valence-corrected chi connectivity index (χ4v) is 3.89. The molecular formula is C24H21Cl2N2O+. The predicted octanol–water partition coefficient (Wildman–Crippen LogP) is 5.53. The third kappa shape index (κ3) is 4.88. The average molecular weight is 424 g/mol. The van der Waals surface area contributed by atoms with Crippen LogP contribution in [0.1, 0.15) is 17.2 Å². The number of hydrogen-bond acceptors (Lipinski definition) is 1. The molecule has 0 saturated heterocycles. The molecule has 0 fully saturated rings. The van der Waals surface area contributed by atoms with Crippen molar-refractivity contribution in [3.63, 3.8) is 0 Å². The van der Waals surface area contributed by atoms with Crippen molar-refractivity contribution in [1.29, 1.82) is 0 Å². The molecule has 1 unspecified atom stereocenters. The molecule has 1 atom stereocenters. The van der Waals surface area contributed by atoms with E-state index in [4.69, 9.17) is 23.2 Å². The fraction of sp³-hybridized carbons (Fsp3) is 0.125. The molecule has 1 aromatic heterocycles. The van der Waals surface area contributed by atoms with E-state index in [1.807, 2.05) is 41.5 Å². The van der Waals surface area contributed by atoms with E-state index in [-0.39, 0.29) is 0 Å². The van der Waals surface area contributed by atoms with Gasteiger partial charge in [-0.1, -0.05) is 83.9 Å². The van der Waals surface area contributed by atoms with Crippen LogP contribution in [0, 0.1) is 0 Å². The Hall–Kier alpha value is -2.59. The maximum Gasteiger partial charge on any atom is 0.244 e. The predicted molar refractivity (Wildman–Crippen MR) is 117 cm³/mol. The summed E-state index contributed by atoms with van der Waals surface area (Å²) in [6.07, 6.45) is 5.23. The number of aliphatic hydroxyl groups is 1. The summed E-state index contributed by atoms with van der Waals surface area (Å²) in [6, 6.07) is 24.1. The van der Waals surface area contributed by atoms with Crippen molar-refractivity contribution in [3.05, 3.63) is 113 Å². The summed E-state index contributed by atoms with van der Waals surface area (Å²) < 4.78 is 4.04. The van der Waals surface area contributed by atoms with Crippen molar-refractivity contribution in [1.82, 2.24) is 4.57 Å². The van der Waals surface area contributed by atoms with E-state index in [1.54, 1.807) is 18.2 Å². The Kier molecular flexibility index (Phi) is 6.00. The highest BCUT2D eigenvalue weighted by Crippen LogP contribution is 2.27. The van der Waals surface area contributed by atoms with E-state index in [2.05, 4.69) is 41.0 Å². The van der Waals surface area contributed by atoms with Crippen LogP contribution in [-0.2, 0) is 13.1 Å². The van der Waals surface area contributed by atoms with Crippen molar-refractivity contribution in [2.45, 2.75) is 19.2 Å². The molecule has 5 heteroatoms. The smallest absolute Gasteiger partial charge is 0.244 e. The highest BCUT2D eigenvalue weighted by atomic mass is 35.5. The zero-order valence-electron chi connectivity index (χ0n) is 15.7. The quantitative estimate of drug-likeness (QED) is 0.405. The van der Waals surface area contributed by atoms with Gasteiger partial charge in [-0.15, -0.1) is 0 Å². The summed E-state index contributed by atoms with van der Waals surface area (Å²) in [7, 11) is 0. The first-order valence-corrected chi connectivity index (χ1v) is 10.2. The SMILES string of the molecule is OC(Cn1cc[n+](Cc2ccc(-c3ccccc3)cc2)c1)c1ccc(Cl)cc1Cl. The van der Waals surface area contributed by atoms with E-state index < -0.39 is 6.10 Å². The lowest BCUT2D eigenvalue weighted by Gasteiger charge is -2.10.